The first-order chi connectivity index (χ1) is 13.6. The van der Waals surface area contributed by atoms with Crippen molar-refractivity contribution < 1.29 is 19.1 Å². The highest BCUT2D eigenvalue weighted by Gasteiger charge is 2.15. The Balaban J connectivity index is 1.51. The molecule has 0 amide bonds. The second kappa shape index (κ2) is 12.7. The highest BCUT2D eigenvalue weighted by atomic mass is 32.1. The number of allylic oxidation sites excluding steroid dienone is 3. The van der Waals surface area contributed by atoms with Crippen LogP contribution in [0.25, 0.3) is 0 Å². The van der Waals surface area contributed by atoms with Gasteiger partial charge in [0.25, 0.3) is 0 Å². The lowest BCUT2D eigenvalue weighted by atomic mass is 10.0. The summed E-state index contributed by atoms with van der Waals surface area (Å²) in [7, 11) is 0. The van der Waals surface area contributed by atoms with E-state index < -0.39 is 0 Å². The van der Waals surface area contributed by atoms with Gasteiger partial charge in [-0.15, -0.1) is 0 Å². The van der Waals surface area contributed by atoms with E-state index in [1.165, 1.54) is 0 Å². The molecule has 28 heavy (non-hydrogen) atoms. The Bertz CT molecular complexity index is 685. The molecule has 1 aromatic rings. The van der Waals surface area contributed by atoms with E-state index in [-0.39, 0.29) is 35.3 Å². The van der Waals surface area contributed by atoms with Crippen LogP contribution in [0.2, 0.25) is 0 Å². The van der Waals surface area contributed by atoms with Gasteiger partial charge in [0.05, 0.1) is 26.1 Å². The van der Waals surface area contributed by atoms with Crippen LogP contribution in [-0.4, -0.2) is 30.4 Å². The first-order valence-corrected chi connectivity index (χ1v) is 10.7. The predicted molar refractivity (Wildman–Crippen MR) is 118 cm³/mol. The fourth-order valence-electron chi connectivity index (χ4n) is 2.80. The minimum Gasteiger partial charge on any atom is -0.466 e. The van der Waals surface area contributed by atoms with Crippen molar-refractivity contribution in [2.75, 3.05) is 13.2 Å². The molecule has 0 saturated carbocycles. The molecule has 2 rings (SSSR count). The van der Waals surface area contributed by atoms with E-state index >= 15 is 0 Å². The molecule has 1 aliphatic rings. The molecule has 0 spiro atoms. The molecule has 1 aliphatic carbocycles. The van der Waals surface area contributed by atoms with Gasteiger partial charge in [0, 0.05) is 10.5 Å². The zero-order valence-electron chi connectivity index (χ0n) is 16.0. The number of carbonyl (C=O) groups is 2. The highest BCUT2D eigenvalue weighted by molar-refractivity contribution is 7.81. The lowest BCUT2D eigenvalue weighted by Crippen LogP contribution is -2.14. The number of esters is 2. The maximum atomic E-state index is 11.9. The first-order valence-electron chi connectivity index (χ1n) is 9.65. The standard InChI is InChI=1S/C22H28O4S2/c23-21(15-19(27)17-9-3-1-4-10-17)25-13-7-8-14-26-22(24)16-20(28)18-11-5-2-6-12-18/h1,3-5,9-12,19-20,27-28H,2,6-8,13-16H2. The first kappa shape index (κ1) is 22.6. The van der Waals surface area contributed by atoms with Crippen molar-refractivity contribution >= 4 is 37.2 Å². The molecule has 0 aromatic heterocycles. The van der Waals surface area contributed by atoms with Crippen LogP contribution in [0.4, 0.5) is 0 Å². The molecule has 0 radical (unpaired) electrons. The molecule has 0 bridgehead atoms. The Kier molecular flexibility index (Phi) is 10.3. The van der Waals surface area contributed by atoms with Gasteiger partial charge in [0.1, 0.15) is 0 Å². The van der Waals surface area contributed by atoms with Crippen molar-refractivity contribution in [1.29, 1.82) is 0 Å². The van der Waals surface area contributed by atoms with Crippen molar-refractivity contribution in [3.63, 3.8) is 0 Å². The summed E-state index contributed by atoms with van der Waals surface area (Å²) in [5.41, 5.74) is 2.08. The van der Waals surface area contributed by atoms with Crippen LogP contribution in [-0.2, 0) is 19.1 Å². The highest BCUT2D eigenvalue weighted by Crippen LogP contribution is 2.23. The Morgan fingerprint density at radius 1 is 0.893 bits per heavy atom. The van der Waals surface area contributed by atoms with E-state index in [1.54, 1.807) is 0 Å². The Morgan fingerprint density at radius 3 is 2.07 bits per heavy atom. The van der Waals surface area contributed by atoms with Crippen molar-refractivity contribution in [2.24, 2.45) is 0 Å². The quantitative estimate of drug-likeness (QED) is 0.304. The molecular formula is C22H28O4S2. The van der Waals surface area contributed by atoms with E-state index in [0.29, 0.717) is 26.1 Å². The number of unbranched alkanes of at least 4 members (excludes halogenated alkanes) is 1. The normalized spacial score (nSPS) is 15.4. The summed E-state index contributed by atoms with van der Waals surface area (Å²) in [6.07, 6.45) is 10.1. The van der Waals surface area contributed by atoms with Gasteiger partial charge in [-0.1, -0.05) is 48.6 Å². The molecular weight excluding hydrogens is 392 g/mol. The molecule has 2 unspecified atom stereocenters. The Morgan fingerprint density at radius 2 is 1.50 bits per heavy atom. The number of rotatable bonds is 11. The third kappa shape index (κ3) is 8.57. The minimum absolute atomic E-state index is 0.121. The number of ether oxygens (including phenoxy) is 2. The zero-order valence-corrected chi connectivity index (χ0v) is 17.7. The molecule has 0 aliphatic heterocycles. The van der Waals surface area contributed by atoms with Gasteiger partial charge in [-0.25, -0.2) is 0 Å². The van der Waals surface area contributed by atoms with Gasteiger partial charge < -0.3 is 9.47 Å². The SMILES string of the molecule is O=C(CC(S)C1=CCCC=C1)OCCCCOC(=O)CC(S)c1ccccc1. The summed E-state index contributed by atoms with van der Waals surface area (Å²) in [5, 5.41) is -0.290. The van der Waals surface area contributed by atoms with Gasteiger partial charge in [-0.05, 0) is 36.8 Å². The Hall–Kier alpha value is -1.66. The summed E-state index contributed by atoms with van der Waals surface area (Å²) in [6, 6.07) is 9.65. The van der Waals surface area contributed by atoms with Crippen molar-refractivity contribution in [3.8, 4) is 0 Å². The predicted octanol–water partition coefficient (Wildman–Crippen LogP) is 4.88. The van der Waals surface area contributed by atoms with Crippen molar-refractivity contribution in [1.82, 2.24) is 0 Å². The van der Waals surface area contributed by atoms with Crippen LogP contribution in [0.1, 0.15) is 49.3 Å². The second-order valence-corrected chi connectivity index (χ2v) is 7.93. The maximum absolute atomic E-state index is 11.9. The van der Waals surface area contributed by atoms with Crippen molar-refractivity contribution in [2.45, 2.75) is 49.0 Å². The molecule has 0 fully saturated rings. The number of thiol groups is 2. The average Bonchev–Trinajstić information content (AvgIpc) is 2.71. The van der Waals surface area contributed by atoms with Gasteiger partial charge in [-0.3, -0.25) is 9.59 Å². The Labute approximate surface area is 178 Å². The maximum Gasteiger partial charge on any atom is 0.307 e. The monoisotopic (exact) mass is 420 g/mol. The van der Waals surface area contributed by atoms with Gasteiger partial charge >= 0.3 is 11.9 Å². The minimum atomic E-state index is -0.271. The summed E-state index contributed by atoms with van der Waals surface area (Å²) >= 11 is 8.94. The molecule has 2 atom stereocenters. The second-order valence-electron chi connectivity index (χ2n) is 6.68. The lowest BCUT2D eigenvalue weighted by Gasteiger charge is -2.14. The summed E-state index contributed by atoms with van der Waals surface area (Å²) in [4.78, 5) is 23.7. The molecule has 1 aromatic carbocycles. The average molecular weight is 421 g/mol. The van der Waals surface area contributed by atoms with E-state index in [0.717, 1.165) is 24.0 Å². The molecule has 0 heterocycles. The third-order valence-corrected chi connectivity index (χ3v) is 5.34. The number of carbonyl (C=O) groups excluding carboxylic acids is 2. The topological polar surface area (TPSA) is 52.6 Å². The lowest BCUT2D eigenvalue weighted by molar-refractivity contribution is -0.146. The summed E-state index contributed by atoms with van der Waals surface area (Å²) in [5.74, 6) is -0.523. The van der Waals surface area contributed by atoms with Crippen molar-refractivity contribution in [3.05, 3.63) is 59.7 Å². The number of benzene rings is 1. The smallest absolute Gasteiger partial charge is 0.307 e. The van der Waals surface area contributed by atoms with E-state index in [2.05, 4.69) is 37.4 Å². The molecule has 4 nitrogen and oxygen atoms in total. The molecule has 0 N–H and O–H groups in total. The number of hydrogen-bond acceptors (Lipinski definition) is 6. The largest absolute Gasteiger partial charge is 0.466 e. The van der Waals surface area contributed by atoms with Gasteiger partial charge in [0.15, 0.2) is 0 Å². The van der Waals surface area contributed by atoms with Crippen LogP contribution in [0.5, 0.6) is 0 Å². The van der Waals surface area contributed by atoms with Crippen LogP contribution in [0.15, 0.2) is 54.1 Å². The number of hydrogen-bond donors (Lipinski definition) is 2. The molecule has 152 valence electrons. The van der Waals surface area contributed by atoms with Crippen LogP contribution in [0.3, 0.4) is 0 Å². The van der Waals surface area contributed by atoms with Gasteiger partial charge in [-0.2, -0.15) is 25.3 Å². The fraction of sp³-hybridized carbons (Fsp3) is 0.455. The summed E-state index contributed by atoms with van der Waals surface area (Å²) < 4.78 is 10.5. The van der Waals surface area contributed by atoms with Gasteiger partial charge in [0.2, 0.25) is 0 Å². The third-order valence-electron chi connectivity index (χ3n) is 4.38. The van der Waals surface area contributed by atoms with Crippen LogP contribution < -0.4 is 0 Å². The fourth-order valence-corrected chi connectivity index (χ4v) is 3.46. The van der Waals surface area contributed by atoms with Crippen LogP contribution in [0, 0.1) is 0 Å². The van der Waals surface area contributed by atoms with E-state index in [9.17, 15) is 9.59 Å². The molecule has 0 saturated heterocycles. The van der Waals surface area contributed by atoms with E-state index in [4.69, 9.17) is 9.47 Å². The van der Waals surface area contributed by atoms with E-state index in [1.807, 2.05) is 36.4 Å². The summed E-state index contributed by atoms with van der Waals surface area (Å²) in [6.45, 7) is 0.642. The van der Waals surface area contributed by atoms with Crippen LogP contribution >= 0.6 is 25.3 Å². The molecule has 6 heteroatoms. The zero-order chi connectivity index (χ0) is 20.2.